The minimum absolute atomic E-state index is 0.404. The molecule has 13 heavy (non-hydrogen) atoms. The Labute approximate surface area is 78.4 Å². The number of primary amides is 1. The molecule has 1 fully saturated rings. The van der Waals surface area contributed by atoms with Crippen LogP contribution in [-0.4, -0.2) is 12.6 Å². The maximum atomic E-state index is 10.4. The van der Waals surface area contributed by atoms with Crippen molar-refractivity contribution in [2.24, 2.45) is 23.5 Å². The maximum Gasteiger partial charge on any atom is 0.312 e. The zero-order valence-corrected chi connectivity index (χ0v) is 7.70. The van der Waals surface area contributed by atoms with E-state index in [1.807, 2.05) is 0 Å². The fourth-order valence-electron chi connectivity index (χ4n) is 2.61. The standard InChI is InChI=1S/C10H16N2O/c11-10(13)12-4-3-9-6-7-1-2-8(9)5-7/h1-2,7-9H,3-6H2,(H3,11,12,13). The highest BCUT2D eigenvalue weighted by molar-refractivity contribution is 5.71. The number of nitrogens with two attached hydrogens (primary N) is 1. The van der Waals surface area contributed by atoms with Crippen LogP contribution in [0.15, 0.2) is 12.2 Å². The average Bonchev–Trinajstić information content (AvgIpc) is 2.64. The Morgan fingerprint density at radius 1 is 1.46 bits per heavy atom. The van der Waals surface area contributed by atoms with Gasteiger partial charge >= 0.3 is 6.03 Å². The van der Waals surface area contributed by atoms with Crippen LogP contribution in [0.3, 0.4) is 0 Å². The Bertz CT molecular complexity index is 237. The summed E-state index contributed by atoms with van der Waals surface area (Å²) in [4.78, 5) is 10.4. The predicted octanol–water partition coefficient (Wildman–Crippen LogP) is 1.26. The molecule has 2 aliphatic carbocycles. The summed E-state index contributed by atoms with van der Waals surface area (Å²) in [6.07, 6.45) is 8.39. The molecule has 72 valence electrons. The summed E-state index contributed by atoms with van der Waals surface area (Å²) in [6, 6.07) is -0.404. The molecule has 1 saturated carbocycles. The van der Waals surface area contributed by atoms with Gasteiger partial charge in [0.15, 0.2) is 0 Å². The Kier molecular flexibility index (Phi) is 2.25. The highest BCUT2D eigenvalue weighted by Gasteiger charge is 2.34. The molecule has 0 aliphatic heterocycles. The molecule has 0 aromatic rings. The van der Waals surface area contributed by atoms with Crippen LogP contribution in [0.25, 0.3) is 0 Å². The smallest absolute Gasteiger partial charge is 0.312 e. The molecular weight excluding hydrogens is 164 g/mol. The van der Waals surface area contributed by atoms with Crippen molar-refractivity contribution < 1.29 is 4.79 Å². The van der Waals surface area contributed by atoms with E-state index < -0.39 is 6.03 Å². The summed E-state index contributed by atoms with van der Waals surface area (Å²) in [5, 5.41) is 2.65. The summed E-state index contributed by atoms with van der Waals surface area (Å²) < 4.78 is 0. The molecule has 0 aromatic heterocycles. The van der Waals surface area contributed by atoms with E-state index in [4.69, 9.17) is 5.73 Å². The topological polar surface area (TPSA) is 55.1 Å². The third-order valence-corrected chi connectivity index (χ3v) is 3.23. The van der Waals surface area contributed by atoms with E-state index in [-0.39, 0.29) is 0 Å². The van der Waals surface area contributed by atoms with Gasteiger partial charge in [-0.15, -0.1) is 0 Å². The van der Waals surface area contributed by atoms with Crippen molar-refractivity contribution in [3.05, 3.63) is 12.2 Å². The van der Waals surface area contributed by atoms with Gasteiger partial charge in [-0.2, -0.15) is 0 Å². The third-order valence-electron chi connectivity index (χ3n) is 3.23. The van der Waals surface area contributed by atoms with Crippen LogP contribution < -0.4 is 11.1 Å². The van der Waals surface area contributed by atoms with Crippen LogP contribution in [-0.2, 0) is 0 Å². The zero-order valence-electron chi connectivity index (χ0n) is 7.70. The number of hydrogen-bond acceptors (Lipinski definition) is 1. The molecular formula is C10H16N2O. The Hall–Kier alpha value is -0.990. The molecule has 0 radical (unpaired) electrons. The Morgan fingerprint density at radius 3 is 2.85 bits per heavy atom. The molecule has 3 heteroatoms. The highest BCUT2D eigenvalue weighted by Crippen LogP contribution is 2.44. The van der Waals surface area contributed by atoms with E-state index in [0.29, 0.717) is 0 Å². The van der Waals surface area contributed by atoms with Gasteiger partial charge in [0.05, 0.1) is 0 Å². The van der Waals surface area contributed by atoms with E-state index in [0.717, 1.165) is 30.7 Å². The van der Waals surface area contributed by atoms with Gasteiger partial charge < -0.3 is 11.1 Å². The van der Waals surface area contributed by atoms with Crippen LogP contribution in [0.4, 0.5) is 4.79 Å². The number of urea groups is 1. The lowest BCUT2D eigenvalue weighted by Gasteiger charge is -2.17. The molecule has 2 amide bonds. The van der Waals surface area contributed by atoms with Crippen LogP contribution in [0, 0.1) is 17.8 Å². The second-order valence-corrected chi connectivity index (χ2v) is 4.12. The summed E-state index contributed by atoms with van der Waals surface area (Å²) in [5.41, 5.74) is 4.99. The summed E-state index contributed by atoms with van der Waals surface area (Å²) in [6.45, 7) is 0.733. The third kappa shape index (κ3) is 1.85. The minimum atomic E-state index is -0.404. The molecule has 3 N–H and O–H groups in total. The Balaban J connectivity index is 1.72. The van der Waals surface area contributed by atoms with Crippen molar-refractivity contribution in [3.63, 3.8) is 0 Å². The summed E-state index contributed by atoms with van der Waals surface area (Å²) >= 11 is 0. The number of allylic oxidation sites excluding steroid dienone is 2. The van der Waals surface area contributed by atoms with Gasteiger partial charge in [-0.05, 0) is 37.0 Å². The number of nitrogens with one attached hydrogen (secondary N) is 1. The van der Waals surface area contributed by atoms with E-state index in [2.05, 4.69) is 17.5 Å². The lowest BCUT2D eigenvalue weighted by molar-refractivity contribution is 0.247. The molecule has 2 aliphatic rings. The second kappa shape index (κ2) is 3.40. The van der Waals surface area contributed by atoms with Gasteiger partial charge in [0.25, 0.3) is 0 Å². The fourth-order valence-corrected chi connectivity index (χ4v) is 2.61. The lowest BCUT2D eigenvalue weighted by atomic mass is 9.91. The monoisotopic (exact) mass is 180 g/mol. The average molecular weight is 180 g/mol. The quantitative estimate of drug-likeness (QED) is 0.631. The predicted molar refractivity (Wildman–Crippen MR) is 51.0 cm³/mol. The number of carbonyl (C=O) groups excluding carboxylic acids is 1. The van der Waals surface area contributed by atoms with Gasteiger partial charge in [-0.25, -0.2) is 4.79 Å². The SMILES string of the molecule is NC(=O)NCCC1CC2C=CC1C2. The number of rotatable bonds is 3. The van der Waals surface area contributed by atoms with Gasteiger partial charge in [-0.3, -0.25) is 0 Å². The molecule has 2 bridgehead atoms. The summed E-state index contributed by atoms with van der Waals surface area (Å²) in [5.74, 6) is 2.38. The van der Waals surface area contributed by atoms with E-state index in [9.17, 15) is 4.79 Å². The highest BCUT2D eigenvalue weighted by atomic mass is 16.2. The molecule has 0 heterocycles. The zero-order chi connectivity index (χ0) is 9.26. The van der Waals surface area contributed by atoms with Gasteiger partial charge in [0.2, 0.25) is 0 Å². The first-order valence-electron chi connectivity index (χ1n) is 4.97. The van der Waals surface area contributed by atoms with E-state index in [1.54, 1.807) is 0 Å². The molecule has 0 spiro atoms. The van der Waals surface area contributed by atoms with Crippen LogP contribution in [0.5, 0.6) is 0 Å². The molecule has 3 atom stereocenters. The number of amides is 2. The van der Waals surface area contributed by atoms with Crippen LogP contribution >= 0.6 is 0 Å². The van der Waals surface area contributed by atoms with Crippen molar-refractivity contribution >= 4 is 6.03 Å². The van der Waals surface area contributed by atoms with Crippen LogP contribution in [0.2, 0.25) is 0 Å². The van der Waals surface area contributed by atoms with Gasteiger partial charge in [0, 0.05) is 6.54 Å². The first-order valence-corrected chi connectivity index (χ1v) is 4.97. The molecule has 3 unspecified atom stereocenters. The second-order valence-electron chi connectivity index (χ2n) is 4.12. The van der Waals surface area contributed by atoms with E-state index >= 15 is 0 Å². The largest absolute Gasteiger partial charge is 0.352 e. The van der Waals surface area contributed by atoms with Crippen molar-refractivity contribution in [2.75, 3.05) is 6.54 Å². The van der Waals surface area contributed by atoms with Crippen LogP contribution in [0.1, 0.15) is 19.3 Å². The van der Waals surface area contributed by atoms with Gasteiger partial charge in [-0.1, -0.05) is 12.2 Å². The molecule has 0 aromatic carbocycles. The molecule has 3 nitrogen and oxygen atoms in total. The van der Waals surface area contributed by atoms with Crippen molar-refractivity contribution in [1.82, 2.24) is 5.32 Å². The lowest BCUT2D eigenvalue weighted by Crippen LogP contribution is -2.31. The van der Waals surface area contributed by atoms with Crippen molar-refractivity contribution in [3.8, 4) is 0 Å². The molecule has 0 saturated heterocycles. The van der Waals surface area contributed by atoms with Crippen molar-refractivity contribution in [2.45, 2.75) is 19.3 Å². The first-order chi connectivity index (χ1) is 6.25. The summed E-state index contributed by atoms with van der Waals surface area (Å²) in [7, 11) is 0. The Morgan fingerprint density at radius 2 is 2.31 bits per heavy atom. The number of carbonyl (C=O) groups is 1. The number of hydrogen-bond donors (Lipinski definition) is 2. The normalized spacial score (nSPS) is 35.2. The van der Waals surface area contributed by atoms with E-state index in [1.165, 1.54) is 12.8 Å². The fraction of sp³-hybridized carbons (Fsp3) is 0.700. The van der Waals surface area contributed by atoms with Gasteiger partial charge in [0.1, 0.15) is 0 Å². The van der Waals surface area contributed by atoms with Crippen molar-refractivity contribution in [1.29, 1.82) is 0 Å². The maximum absolute atomic E-state index is 10.4. The minimum Gasteiger partial charge on any atom is -0.352 e. The molecule has 2 rings (SSSR count). The first kappa shape index (κ1) is 8.60. The number of fused-ring (bicyclic) bond motifs is 2.